The van der Waals surface area contributed by atoms with Crippen LogP contribution in [0.3, 0.4) is 0 Å². The molecule has 1 atom stereocenters. The molecule has 1 unspecified atom stereocenters. The summed E-state index contributed by atoms with van der Waals surface area (Å²) in [7, 11) is 0. The van der Waals surface area contributed by atoms with Crippen molar-refractivity contribution in [2.45, 2.75) is 19.3 Å². The molecular formula is C13H15NO2. The second-order valence-corrected chi connectivity index (χ2v) is 4.13. The number of fused-ring (bicyclic) bond motifs is 1. The molecule has 0 bridgehead atoms. The van der Waals surface area contributed by atoms with E-state index in [4.69, 9.17) is 9.47 Å². The lowest BCUT2D eigenvalue weighted by Gasteiger charge is -2.20. The lowest BCUT2D eigenvalue weighted by Crippen LogP contribution is -2.21. The van der Waals surface area contributed by atoms with Crippen LogP contribution in [-0.2, 0) is 9.47 Å². The molecule has 84 valence electrons. The normalized spacial score (nSPS) is 19.3. The highest BCUT2D eigenvalue weighted by atomic mass is 16.7. The van der Waals surface area contributed by atoms with E-state index in [0.717, 1.165) is 0 Å². The predicted octanol–water partition coefficient (Wildman–Crippen LogP) is 2.58. The second-order valence-electron chi connectivity index (χ2n) is 4.13. The summed E-state index contributed by atoms with van der Waals surface area (Å²) in [6, 6.07) is 10.7. The fourth-order valence-corrected chi connectivity index (χ4v) is 2.25. The Morgan fingerprint density at radius 2 is 1.94 bits per heavy atom. The predicted molar refractivity (Wildman–Crippen MR) is 62.3 cm³/mol. The summed E-state index contributed by atoms with van der Waals surface area (Å²) in [5, 5.41) is 1.26. The quantitative estimate of drug-likeness (QED) is 0.771. The van der Waals surface area contributed by atoms with E-state index >= 15 is 0 Å². The number of hydrogen-bond acceptors (Lipinski definition) is 2. The maximum Gasteiger partial charge on any atom is 0.178 e. The van der Waals surface area contributed by atoms with Gasteiger partial charge in [-0.3, -0.25) is 0 Å². The zero-order valence-corrected chi connectivity index (χ0v) is 9.30. The van der Waals surface area contributed by atoms with Crippen LogP contribution in [0.25, 0.3) is 10.9 Å². The topological polar surface area (TPSA) is 23.4 Å². The zero-order valence-electron chi connectivity index (χ0n) is 9.30. The molecule has 3 heteroatoms. The van der Waals surface area contributed by atoms with Crippen molar-refractivity contribution in [1.82, 2.24) is 4.57 Å². The fraction of sp³-hybridized carbons (Fsp3) is 0.385. The summed E-state index contributed by atoms with van der Waals surface area (Å²) in [4.78, 5) is 0. The molecule has 3 nitrogen and oxygen atoms in total. The van der Waals surface area contributed by atoms with Crippen molar-refractivity contribution in [2.24, 2.45) is 0 Å². The summed E-state index contributed by atoms with van der Waals surface area (Å²) in [5.41, 5.74) is 1.23. The van der Waals surface area contributed by atoms with Gasteiger partial charge in [0.1, 0.15) is 0 Å². The molecule has 0 saturated carbocycles. The Bertz CT molecular complexity index is 485. The Labute approximate surface area is 94.6 Å². The minimum atomic E-state index is -0.115. The van der Waals surface area contributed by atoms with E-state index in [9.17, 15) is 0 Å². The van der Waals surface area contributed by atoms with Crippen LogP contribution in [0.15, 0.2) is 36.5 Å². The minimum absolute atomic E-state index is 0.115. The number of ether oxygens (including phenoxy) is 2. The van der Waals surface area contributed by atoms with Gasteiger partial charge < -0.3 is 14.0 Å². The molecule has 0 radical (unpaired) electrons. The van der Waals surface area contributed by atoms with Crippen molar-refractivity contribution in [2.75, 3.05) is 13.2 Å². The average Bonchev–Trinajstić information content (AvgIpc) is 2.98. The Kier molecular flexibility index (Phi) is 2.42. The van der Waals surface area contributed by atoms with Gasteiger partial charge in [-0.1, -0.05) is 18.2 Å². The summed E-state index contributed by atoms with van der Waals surface area (Å²) < 4.78 is 13.3. The minimum Gasteiger partial charge on any atom is -0.348 e. The van der Waals surface area contributed by atoms with Crippen molar-refractivity contribution in [1.29, 1.82) is 0 Å². The number of nitrogens with zero attached hydrogens (tertiary/aromatic N) is 1. The fourth-order valence-electron chi connectivity index (χ4n) is 2.25. The van der Waals surface area contributed by atoms with Gasteiger partial charge in [-0.05, 0) is 24.4 Å². The molecule has 1 aliphatic heterocycles. The first-order valence-electron chi connectivity index (χ1n) is 5.65. The van der Waals surface area contributed by atoms with Gasteiger partial charge in [-0.25, -0.2) is 0 Å². The molecule has 1 aromatic carbocycles. The second kappa shape index (κ2) is 3.92. The summed E-state index contributed by atoms with van der Waals surface area (Å²) in [5.74, 6) is 0. The maximum atomic E-state index is 5.54. The molecule has 16 heavy (non-hydrogen) atoms. The first-order valence-corrected chi connectivity index (χ1v) is 5.65. The van der Waals surface area contributed by atoms with Crippen LogP contribution in [0.2, 0.25) is 0 Å². The van der Waals surface area contributed by atoms with E-state index < -0.39 is 0 Å². The molecule has 0 N–H and O–H groups in total. The van der Waals surface area contributed by atoms with Crippen LogP contribution in [0.4, 0.5) is 0 Å². The largest absolute Gasteiger partial charge is 0.348 e. The van der Waals surface area contributed by atoms with Gasteiger partial charge in [0.25, 0.3) is 0 Å². The third-order valence-corrected chi connectivity index (χ3v) is 3.11. The first-order chi connectivity index (χ1) is 7.86. The van der Waals surface area contributed by atoms with Crippen LogP contribution >= 0.6 is 0 Å². The van der Waals surface area contributed by atoms with Gasteiger partial charge in [0, 0.05) is 11.7 Å². The molecular weight excluding hydrogens is 202 g/mol. The number of rotatable bonds is 2. The van der Waals surface area contributed by atoms with Gasteiger partial charge in [0.05, 0.1) is 19.3 Å². The van der Waals surface area contributed by atoms with Gasteiger partial charge in [-0.15, -0.1) is 0 Å². The average molecular weight is 217 g/mol. The van der Waals surface area contributed by atoms with E-state index in [1.165, 1.54) is 10.9 Å². The first kappa shape index (κ1) is 9.87. The SMILES string of the molecule is CC(C1OCCO1)n1ccc2ccccc21. The molecule has 1 saturated heterocycles. The standard InChI is InChI=1S/C13H15NO2/c1-10(13-15-8-9-16-13)14-7-6-11-4-2-3-5-12(11)14/h2-7,10,13H,8-9H2,1H3. The Hall–Kier alpha value is -1.32. The van der Waals surface area contributed by atoms with E-state index in [0.29, 0.717) is 13.2 Å². The van der Waals surface area contributed by atoms with Crippen LogP contribution in [-0.4, -0.2) is 24.1 Å². The Morgan fingerprint density at radius 3 is 2.75 bits per heavy atom. The molecule has 1 aliphatic rings. The lowest BCUT2D eigenvalue weighted by atomic mass is 10.2. The highest BCUT2D eigenvalue weighted by molar-refractivity contribution is 5.80. The molecule has 0 aliphatic carbocycles. The van der Waals surface area contributed by atoms with Crippen molar-refractivity contribution >= 4 is 10.9 Å². The monoisotopic (exact) mass is 217 g/mol. The van der Waals surface area contributed by atoms with E-state index in [2.05, 4.69) is 48.0 Å². The Morgan fingerprint density at radius 1 is 1.19 bits per heavy atom. The highest BCUT2D eigenvalue weighted by Gasteiger charge is 2.24. The smallest absolute Gasteiger partial charge is 0.178 e. The van der Waals surface area contributed by atoms with Crippen molar-refractivity contribution in [3.63, 3.8) is 0 Å². The van der Waals surface area contributed by atoms with Gasteiger partial charge in [-0.2, -0.15) is 0 Å². The van der Waals surface area contributed by atoms with Gasteiger partial charge in [0.15, 0.2) is 6.29 Å². The number of benzene rings is 1. The third-order valence-electron chi connectivity index (χ3n) is 3.11. The van der Waals surface area contributed by atoms with Crippen LogP contribution in [0, 0.1) is 0 Å². The van der Waals surface area contributed by atoms with Crippen molar-refractivity contribution in [3.8, 4) is 0 Å². The third kappa shape index (κ3) is 1.52. The number of aromatic nitrogens is 1. The molecule has 2 heterocycles. The van der Waals surface area contributed by atoms with Gasteiger partial charge in [0.2, 0.25) is 0 Å². The van der Waals surface area contributed by atoms with E-state index in [-0.39, 0.29) is 12.3 Å². The Balaban J connectivity index is 1.98. The van der Waals surface area contributed by atoms with E-state index in [1.807, 2.05) is 0 Å². The van der Waals surface area contributed by atoms with Crippen molar-refractivity contribution < 1.29 is 9.47 Å². The summed E-state index contributed by atoms with van der Waals surface area (Å²) in [6.45, 7) is 3.53. The molecule has 0 amide bonds. The summed E-state index contributed by atoms with van der Waals surface area (Å²) >= 11 is 0. The van der Waals surface area contributed by atoms with Crippen molar-refractivity contribution in [3.05, 3.63) is 36.5 Å². The molecule has 0 spiro atoms. The number of hydrogen-bond donors (Lipinski definition) is 0. The van der Waals surface area contributed by atoms with Crippen LogP contribution < -0.4 is 0 Å². The highest BCUT2D eigenvalue weighted by Crippen LogP contribution is 2.25. The van der Waals surface area contributed by atoms with Crippen LogP contribution in [0.5, 0.6) is 0 Å². The molecule has 3 rings (SSSR count). The lowest BCUT2D eigenvalue weighted by molar-refractivity contribution is -0.0722. The molecule has 1 aromatic heterocycles. The maximum absolute atomic E-state index is 5.54. The zero-order chi connectivity index (χ0) is 11.0. The van der Waals surface area contributed by atoms with E-state index in [1.54, 1.807) is 0 Å². The molecule has 2 aromatic rings. The van der Waals surface area contributed by atoms with Crippen LogP contribution in [0.1, 0.15) is 13.0 Å². The number of para-hydroxylation sites is 1. The van der Waals surface area contributed by atoms with Gasteiger partial charge >= 0.3 is 0 Å². The summed E-state index contributed by atoms with van der Waals surface area (Å²) in [6.07, 6.45) is 1.98. The molecule has 1 fully saturated rings.